The molecule has 1 aromatic rings. The molecule has 0 aliphatic rings. The topological polar surface area (TPSA) is 43.1 Å². The number of carbonyl (C=O) groups is 1. The third-order valence-corrected chi connectivity index (χ3v) is 2.55. The molecular formula is C12H15NO. The van der Waals surface area contributed by atoms with Crippen molar-refractivity contribution in [2.75, 3.05) is 5.73 Å². The minimum Gasteiger partial charge on any atom is -0.398 e. The second-order valence-electron chi connectivity index (χ2n) is 3.44. The fraction of sp³-hybridized carbons (Fsp3) is 0.250. The molecule has 0 heterocycles. The molecule has 14 heavy (non-hydrogen) atoms. The fourth-order valence-corrected chi connectivity index (χ4v) is 1.45. The second kappa shape index (κ2) is 4.09. The highest BCUT2D eigenvalue weighted by Gasteiger charge is 2.04. The molecule has 0 radical (unpaired) electrons. The second-order valence-corrected chi connectivity index (χ2v) is 3.44. The van der Waals surface area contributed by atoms with Gasteiger partial charge < -0.3 is 5.73 Å². The molecule has 2 N–H and O–H groups in total. The van der Waals surface area contributed by atoms with Gasteiger partial charge in [-0.3, -0.25) is 4.79 Å². The summed E-state index contributed by atoms with van der Waals surface area (Å²) in [6.45, 7) is 5.98. The maximum atomic E-state index is 10.2. The van der Waals surface area contributed by atoms with E-state index in [2.05, 4.69) is 0 Å². The first kappa shape index (κ1) is 10.5. The van der Waals surface area contributed by atoms with Crippen LogP contribution in [0.25, 0.3) is 6.08 Å². The highest BCUT2D eigenvalue weighted by Crippen LogP contribution is 2.24. The van der Waals surface area contributed by atoms with Gasteiger partial charge in [0.15, 0.2) is 0 Å². The summed E-state index contributed by atoms with van der Waals surface area (Å²) >= 11 is 0. The van der Waals surface area contributed by atoms with Crippen LogP contribution in [0.1, 0.15) is 22.3 Å². The Labute approximate surface area is 84.4 Å². The van der Waals surface area contributed by atoms with Crippen molar-refractivity contribution in [2.24, 2.45) is 0 Å². The van der Waals surface area contributed by atoms with Gasteiger partial charge in [-0.2, -0.15) is 0 Å². The van der Waals surface area contributed by atoms with Crippen molar-refractivity contribution in [2.45, 2.75) is 20.8 Å². The Kier molecular flexibility index (Phi) is 3.07. The van der Waals surface area contributed by atoms with Crippen LogP contribution in [0.5, 0.6) is 0 Å². The smallest absolute Gasteiger partial charge is 0.142 e. The van der Waals surface area contributed by atoms with Crippen molar-refractivity contribution in [1.29, 1.82) is 0 Å². The summed E-state index contributed by atoms with van der Waals surface area (Å²) in [6.07, 6.45) is 4.08. The third kappa shape index (κ3) is 1.84. The molecule has 1 rings (SSSR count). The highest BCUT2D eigenvalue weighted by atomic mass is 16.1. The van der Waals surface area contributed by atoms with E-state index in [0.717, 1.165) is 34.2 Å². The number of aldehydes is 1. The van der Waals surface area contributed by atoms with Crippen LogP contribution in [-0.2, 0) is 4.79 Å². The normalized spacial score (nSPS) is 10.8. The third-order valence-electron chi connectivity index (χ3n) is 2.55. The molecule has 2 heteroatoms. The number of allylic oxidation sites excluding steroid dienone is 1. The summed E-state index contributed by atoms with van der Waals surface area (Å²) in [5.41, 5.74) is 11.1. The van der Waals surface area contributed by atoms with Crippen molar-refractivity contribution in [1.82, 2.24) is 0 Å². The summed E-state index contributed by atoms with van der Waals surface area (Å²) in [5, 5.41) is 0. The van der Waals surface area contributed by atoms with E-state index < -0.39 is 0 Å². The number of hydrogen-bond acceptors (Lipinski definition) is 2. The highest BCUT2D eigenvalue weighted by molar-refractivity contribution is 5.76. The van der Waals surface area contributed by atoms with Crippen molar-refractivity contribution in [3.8, 4) is 0 Å². The number of nitrogen functional groups attached to an aromatic ring is 1. The molecule has 1 aromatic carbocycles. The molecule has 74 valence electrons. The van der Waals surface area contributed by atoms with E-state index in [0.29, 0.717) is 0 Å². The van der Waals surface area contributed by atoms with Crippen LogP contribution >= 0.6 is 0 Å². The summed E-state index contributed by atoms with van der Waals surface area (Å²) in [5.74, 6) is 0. The van der Waals surface area contributed by atoms with Crippen LogP contribution in [0, 0.1) is 20.8 Å². The molecule has 0 atom stereocenters. The molecule has 0 aliphatic carbocycles. The predicted molar refractivity (Wildman–Crippen MR) is 60.2 cm³/mol. The Balaban J connectivity index is 3.32. The summed E-state index contributed by atoms with van der Waals surface area (Å²) < 4.78 is 0. The SMILES string of the molecule is Cc1cc(C=CC=O)c(C)c(C)c1N. The summed E-state index contributed by atoms with van der Waals surface area (Å²) in [6, 6.07) is 2.00. The lowest BCUT2D eigenvalue weighted by molar-refractivity contribution is -0.104. The fourth-order valence-electron chi connectivity index (χ4n) is 1.45. The molecule has 0 unspecified atom stereocenters. The van der Waals surface area contributed by atoms with E-state index in [-0.39, 0.29) is 0 Å². The Bertz CT molecular complexity index is 392. The average molecular weight is 189 g/mol. The van der Waals surface area contributed by atoms with Crippen LogP contribution < -0.4 is 5.73 Å². The quantitative estimate of drug-likeness (QED) is 0.441. The molecule has 0 fully saturated rings. The standard InChI is InChI=1S/C12H15NO/c1-8-7-11(5-4-6-14)9(2)10(3)12(8)13/h4-7H,13H2,1-3H3. The van der Waals surface area contributed by atoms with Gasteiger partial charge in [0.05, 0.1) is 0 Å². The zero-order valence-electron chi connectivity index (χ0n) is 8.79. The van der Waals surface area contributed by atoms with Gasteiger partial charge in [-0.25, -0.2) is 0 Å². The van der Waals surface area contributed by atoms with Gasteiger partial charge in [0.2, 0.25) is 0 Å². The zero-order valence-corrected chi connectivity index (χ0v) is 8.79. The predicted octanol–water partition coefficient (Wildman–Crippen LogP) is 2.41. The van der Waals surface area contributed by atoms with Crippen molar-refractivity contribution < 1.29 is 4.79 Å². The van der Waals surface area contributed by atoms with Crippen LogP contribution in [-0.4, -0.2) is 6.29 Å². The number of anilines is 1. The lowest BCUT2D eigenvalue weighted by atomic mass is 9.97. The first-order valence-electron chi connectivity index (χ1n) is 4.56. The first-order chi connectivity index (χ1) is 6.57. The molecule has 0 saturated carbocycles. The van der Waals surface area contributed by atoms with Crippen molar-refractivity contribution in [3.05, 3.63) is 34.4 Å². The van der Waals surface area contributed by atoms with Gasteiger partial charge in [-0.15, -0.1) is 0 Å². The Morgan fingerprint density at radius 2 is 1.86 bits per heavy atom. The van der Waals surface area contributed by atoms with Crippen LogP contribution in [0.3, 0.4) is 0 Å². The van der Waals surface area contributed by atoms with Gasteiger partial charge in [0, 0.05) is 5.69 Å². The molecule has 0 saturated heterocycles. The van der Waals surface area contributed by atoms with Crippen LogP contribution in [0.4, 0.5) is 5.69 Å². The average Bonchev–Trinajstić information content (AvgIpc) is 2.18. The van der Waals surface area contributed by atoms with E-state index >= 15 is 0 Å². The largest absolute Gasteiger partial charge is 0.398 e. The molecule has 0 aromatic heterocycles. The number of carbonyl (C=O) groups excluding carboxylic acids is 1. The number of aryl methyl sites for hydroxylation is 1. The van der Waals surface area contributed by atoms with Crippen LogP contribution in [0.15, 0.2) is 12.1 Å². The van der Waals surface area contributed by atoms with Crippen molar-refractivity contribution in [3.63, 3.8) is 0 Å². The Morgan fingerprint density at radius 3 is 2.43 bits per heavy atom. The van der Waals surface area contributed by atoms with E-state index in [4.69, 9.17) is 5.73 Å². The maximum absolute atomic E-state index is 10.2. The monoisotopic (exact) mass is 189 g/mol. The Morgan fingerprint density at radius 1 is 1.21 bits per heavy atom. The lowest BCUT2D eigenvalue weighted by Crippen LogP contribution is -1.98. The summed E-state index contributed by atoms with van der Waals surface area (Å²) in [4.78, 5) is 10.2. The van der Waals surface area contributed by atoms with Gasteiger partial charge >= 0.3 is 0 Å². The lowest BCUT2D eigenvalue weighted by Gasteiger charge is -2.11. The molecule has 0 amide bonds. The molecule has 0 aliphatic heterocycles. The number of rotatable bonds is 2. The molecule has 2 nitrogen and oxygen atoms in total. The van der Waals surface area contributed by atoms with Crippen LogP contribution in [0.2, 0.25) is 0 Å². The van der Waals surface area contributed by atoms with Gasteiger partial charge in [0.25, 0.3) is 0 Å². The molecular weight excluding hydrogens is 174 g/mol. The summed E-state index contributed by atoms with van der Waals surface area (Å²) in [7, 11) is 0. The molecule has 0 bridgehead atoms. The van der Waals surface area contributed by atoms with E-state index in [1.54, 1.807) is 0 Å². The van der Waals surface area contributed by atoms with Gasteiger partial charge in [-0.1, -0.05) is 6.08 Å². The molecule has 0 spiro atoms. The van der Waals surface area contributed by atoms with Gasteiger partial charge in [-0.05, 0) is 55.2 Å². The van der Waals surface area contributed by atoms with E-state index in [9.17, 15) is 4.79 Å². The number of nitrogens with two attached hydrogens (primary N) is 1. The van der Waals surface area contributed by atoms with E-state index in [1.807, 2.05) is 32.9 Å². The van der Waals surface area contributed by atoms with Gasteiger partial charge in [0.1, 0.15) is 6.29 Å². The van der Waals surface area contributed by atoms with E-state index in [1.165, 1.54) is 6.08 Å². The zero-order chi connectivity index (χ0) is 10.7. The number of benzene rings is 1. The minimum absolute atomic E-state index is 0.778. The maximum Gasteiger partial charge on any atom is 0.142 e. The Hall–Kier alpha value is -1.57. The number of hydrogen-bond donors (Lipinski definition) is 1. The minimum atomic E-state index is 0.778. The first-order valence-corrected chi connectivity index (χ1v) is 4.56. The van der Waals surface area contributed by atoms with Crippen molar-refractivity contribution >= 4 is 18.0 Å².